The first-order valence-corrected chi connectivity index (χ1v) is 10.6. The van der Waals surface area contributed by atoms with E-state index in [1.807, 2.05) is 12.1 Å². The fourth-order valence-corrected chi connectivity index (χ4v) is 5.35. The van der Waals surface area contributed by atoms with Crippen LogP contribution in [0.15, 0.2) is 53.4 Å². The van der Waals surface area contributed by atoms with Gasteiger partial charge in [0.2, 0.25) is 0 Å². The minimum atomic E-state index is -3.68. The molecular formula is C18H15ClN2O2S2. The van der Waals surface area contributed by atoms with Crippen molar-refractivity contribution in [2.75, 3.05) is 4.72 Å². The summed E-state index contributed by atoms with van der Waals surface area (Å²) in [6.45, 7) is 0. The van der Waals surface area contributed by atoms with Crippen LogP contribution >= 0.6 is 22.9 Å². The van der Waals surface area contributed by atoms with Crippen molar-refractivity contribution in [1.82, 2.24) is 4.98 Å². The first-order valence-electron chi connectivity index (χ1n) is 7.89. The summed E-state index contributed by atoms with van der Waals surface area (Å²) in [6, 6.07) is 14.3. The molecule has 0 aliphatic heterocycles. The van der Waals surface area contributed by atoms with Crippen molar-refractivity contribution in [3.63, 3.8) is 0 Å². The summed E-state index contributed by atoms with van der Waals surface area (Å²) in [4.78, 5) is 5.88. The molecular weight excluding hydrogens is 376 g/mol. The molecule has 0 radical (unpaired) electrons. The molecule has 0 spiro atoms. The van der Waals surface area contributed by atoms with Gasteiger partial charge >= 0.3 is 0 Å². The van der Waals surface area contributed by atoms with Crippen LogP contribution in [0, 0.1) is 0 Å². The molecule has 25 heavy (non-hydrogen) atoms. The van der Waals surface area contributed by atoms with Gasteiger partial charge in [-0.25, -0.2) is 13.4 Å². The Hall–Kier alpha value is -1.89. The summed E-state index contributed by atoms with van der Waals surface area (Å²) in [5.41, 5.74) is 3.26. The number of nitrogens with zero attached hydrogens (tertiary/aromatic N) is 1. The van der Waals surface area contributed by atoms with Gasteiger partial charge in [-0.15, -0.1) is 11.3 Å². The largest absolute Gasteiger partial charge is 0.263 e. The summed E-state index contributed by atoms with van der Waals surface area (Å²) in [5.74, 6) is 0. The quantitative estimate of drug-likeness (QED) is 0.701. The second kappa shape index (κ2) is 6.44. The first kappa shape index (κ1) is 16.6. The number of nitrogens with one attached hydrogen (secondary N) is 1. The maximum absolute atomic E-state index is 12.6. The molecule has 0 saturated carbocycles. The Bertz CT molecular complexity index is 1030. The minimum absolute atomic E-state index is 0.169. The van der Waals surface area contributed by atoms with Crippen LogP contribution in [0.2, 0.25) is 5.02 Å². The van der Waals surface area contributed by atoms with E-state index in [0.29, 0.717) is 10.2 Å². The monoisotopic (exact) mass is 390 g/mol. The number of sulfonamides is 1. The van der Waals surface area contributed by atoms with E-state index < -0.39 is 10.0 Å². The van der Waals surface area contributed by atoms with Crippen molar-refractivity contribution >= 4 is 38.1 Å². The highest BCUT2D eigenvalue weighted by Crippen LogP contribution is 2.37. The van der Waals surface area contributed by atoms with E-state index in [1.165, 1.54) is 29.0 Å². The Morgan fingerprint density at radius 1 is 1.04 bits per heavy atom. The molecule has 1 aliphatic carbocycles. The second-order valence-corrected chi connectivity index (χ2v) is 9.06. The molecule has 0 unspecified atom stereocenters. The zero-order valence-corrected chi connectivity index (χ0v) is 15.6. The van der Waals surface area contributed by atoms with Gasteiger partial charge < -0.3 is 0 Å². The average Bonchev–Trinajstić information content (AvgIpc) is 2.89. The zero-order chi connectivity index (χ0) is 17.4. The van der Waals surface area contributed by atoms with E-state index >= 15 is 0 Å². The molecule has 1 N–H and O–H groups in total. The van der Waals surface area contributed by atoms with Gasteiger partial charge in [0.15, 0.2) is 5.13 Å². The molecule has 3 aromatic rings. The van der Waals surface area contributed by atoms with Gasteiger partial charge in [-0.1, -0.05) is 35.9 Å². The van der Waals surface area contributed by atoms with E-state index in [1.54, 1.807) is 12.1 Å². The lowest BCUT2D eigenvalue weighted by Gasteiger charge is -2.06. The van der Waals surface area contributed by atoms with Crippen LogP contribution in [0.4, 0.5) is 5.13 Å². The summed E-state index contributed by atoms with van der Waals surface area (Å²) in [7, 11) is -3.68. The van der Waals surface area contributed by atoms with Crippen LogP contribution in [0.1, 0.15) is 16.9 Å². The van der Waals surface area contributed by atoms with E-state index in [0.717, 1.165) is 35.4 Å². The summed E-state index contributed by atoms with van der Waals surface area (Å²) in [5, 5.41) is 0.896. The maximum Gasteiger partial charge on any atom is 0.263 e. The van der Waals surface area contributed by atoms with Crippen molar-refractivity contribution in [3.05, 3.63) is 64.0 Å². The lowest BCUT2D eigenvalue weighted by molar-refractivity contribution is 0.601. The fraction of sp³-hybridized carbons (Fsp3) is 0.167. The van der Waals surface area contributed by atoms with Crippen LogP contribution in [0.25, 0.3) is 11.3 Å². The Balaban J connectivity index is 1.70. The number of benzene rings is 2. The van der Waals surface area contributed by atoms with Gasteiger partial charge in [0.25, 0.3) is 10.0 Å². The topological polar surface area (TPSA) is 59.1 Å². The standard InChI is InChI=1S/C18H15ClN2O2S2/c19-13-8-10-14(11-9-13)25(22,23)21-18-20-17-15-6-2-1-4-12(15)5-3-7-16(17)24-18/h1-2,4,6,8-11H,3,5,7H2,(H,20,21). The lowest BCUT2D eigenvalue weighted by atomic mass is 10.0. The van der Waals surface area contributed by atoms with Gasteiger partial charge in [-0.2, -0.15) is 0 Å². The molecule has 0 amide bonds. The average molecular weight is 391 g/mol. The highest BCUT2D eigenvalue weighted by Gasteiger charge is 2.22. The molecule has 128 valence electrons. The van der Waals surface area contributed by atoms with Gasteiger partial charge in [0.05, 0.1) is 10.6 Å². The van der Waals surface area contributed by atoms with Gasteiger partial charge in [0, 0.05) is 15.5 Å². The maximum atomic E-state index is 12.6. The molecule has 0 saturated heterocycles. The lowest BCUT2D eigenvalue weighted by Crippen LogP contribution is -2.12. The highest BCUT2D eigenvalue weighted by molar-refractivity contribution is 7.93. The summed E-state index contributed by atoms with van der Waals surface area (Å²) >= 11 is 7.24. The third-order valence-electron chi connectivity index (χ3n) is 4.17. The molecule has 4 nitrogen and oxygen atoms in total. The molecule has 0 atom stereocenters. The summed E-state index contributed by atoms with van der Waals surface area (Å²) < 4.78 is 27.7. The SMILES string of the molecule is O=S(=O)(Nc1nc2c(s1)CCCc1ccccc1-2)c1ccc(Cl)cc1. The van der Waals surface area contributed by atoms with Crippen molar-refractivity contribution in [2.45, 2.75) is 24.2 Å². The number of fused-ring (bicyclic) bond motifs is 3. The molecule has 4 rings (SSSR count). The van der Waals surface area contributed by atoms with Crippen molar-refractivity contribution < 1.29 is 8.42 Å². The number of thiazole rings is 1. The van der Waals surface area contributed by atoms with E-state index in [2.05, 4.69) is 21.8 Å². The van der Waals surface area contributed by atoms with Crippen LogP contribution in [0.3, 0.4) is 0 Å². The zero-order valence-electron chi connectivity index (χ0n) is 13.2. The van der Waals surface area contributed by atoms with Gasteiger partial charge in [-0.3, -0.25) is 4.72 Å². The predicted octanol–water partition coefficient (Wildman–Crippen LogP) is 4.75. The normalized spacial score (nSPS) is 13.6. The molecule has 1 heterocycles. The van der Waals surface area contributed by atoms with Crippen molar-refractivity contribution in [3.8, 4) is 11.3 Å². The molecule has 1 aliphatic rings. The highest BCUT2D eigenvalue weighted by atomic mass is 35.5. The Morgan fingerprint density at radius 3 is 2.60 bits per heavy atom. The number of hydrogen-bond donors (Lipinski definition) is 1. The van der Waals surface area contributed by atoms with Crippen molar-refractivity contribution in [2.24, 2.45) is 0 Å². The molecule has 2 aromatic carbocycles. The number of aryl methyl sites for hydroxylation is 2. The predicted molar refractivity (Wildman–Crippen MR) is 102 cm³/mol. The summed E-state index contributed by atoms with van der Waals surface area (Å²) in [6.07, 6.45) is 2.96. The molecule has 0 bridgehead atoms. The first-order chi connectivity index (χ1) is 12.0. The third-order valence-corrected chi connectivity index (χ3v) is 6.93. The number of hydrogen-bond acceptors (Lipinski definition) is 4. The van der Waals surface area contributed by atoms with E-state index in [9.17, 15) is 8.42 Å². The van der Waals surface area contributed by atoms with E-state index in [4.69, 9.17) is 11.6 Å². The Morgan fingerprint density at radius 2 is 1.80 bits per heavy atom. The van der Waals surface area contributed by atoms with E-state index in [-0.39, 0.29) is 4.90 Å². The third kappa shape index (κ3) is 3.29. The smallest absolute Gasteiger partial charge is 0.255 e. The Labute approximate surface area is 155 Å². The number of anilines is 1. The second-order valence-electron chi connectivity index (χ2n) is 5.86. The molecule has 7 heteroatoms. The molecule has 0 fully saturated rings. The number of rotatable bonds is 3. The number of halogens is 1. The van der Waals surface area contributed by atoms with Gasteiger partial charge in [-0.05, 0) is 49.1 Å². The van der Waals surface area contributed by atoms with Gasteiger partial charge in [0.1, 0.15) is 0 Å². The van der Waals surface area contributed by atoms with Crippen LogP contribution in [0.5, 0.6) is 0 Å². The van der Waals surface area contributed by atoms with Crippen LogP contribution in [-0.4, -0.2) is 13.4 Å². The Kier molecular flexibility index (Phi) is 4.27. The van der Waals surface area contributed by atoms with Crippen LogP contribution < -0.4 is 4.72 Å². The minimum Gasteiger partial charge on any atom is -0.255 e. The van der Waals surface area contributed by atoms with Crippen LogP contribution in [-0.2, 0) is 22.9 Å². The fourth-order valence-electron chi connectivity index (χ4n) is 2.97. The number of aromatic nitrogens is 1. The molecule has 1 aromatic heterocycles. The van der Waals surface area contributed by atoms with Crippen molar-refractivity contribution in [1.29, 1.82) is 0 Å².